The van der Waals surface area contributed by atoms with Gasteiger partial charge >= 0.3 is 0 Å². The molecule has 1 aromatic heterocycles. The van der Waals surface area contributed by atoms with E-state index in [1.807, 2.05) is 11.3 Å². The van der Waals surface area contributed by atoms with Gasteiger partial charge in [0.25, 0.3) is 0 Å². The Bertz CT molecular complexity index is 463. The quantitative estimate of drug-likeness (QED) is 0.926. The van der Waals surface area contributed by atoms with Crippen LogP contribution in [0.25, 0.3) is 0 Å². The van der Waals surface area contributed by atoms with Crippen LogP contribution < -0.4 is 10.2 Å². The van der Waals surface area contributed by atoms with Crippen LogP contribution >= 0.6 is 11.3 Å². The molecule has 0 saturated carbocycles. The molecule has 1 fully saturated rings. The van der Waals surface area contributed by atoms with Crippen molar-refractivity contribution in [1.82, 2.24) is 15.2 Å². The third kappa shape index (κ3) is 3.41. The van der Waals surface area contributed by atoms with Gasteiger partial charge in [-0.2, -0.15) is 0 Å². The third-order valence-electron chi connectivity index (χ3n) is 4.56. The molecular formula is C16H28N4S. The lowest BCUT2D eigenvalue weighted by molar-refractivity contribution is 0.231. The van der Waals surface area contributed by atoms with Gasteiger partial charge in [0.15, 0.2) is 5.13 Å². The third-order valence-corrected chi connectivity index (χ3v) is 5.75. The molecular weight excluding hydrogens is 280 g/mol. The second kappa shape index (κ2) is 6.63. The number of fused-ring (bicyclic) bond motifs is 1. The average molecular weight is 308 g/mol. The van der Waals surface area contributed by atoms with Crippen molar-refractivity contribution >= 4 is 16.5 Å². The zero-order valence-corrected chi connectivity index (χ0v) is 14.4. The van der Waals surface area contributed by atoms with Crippen LogP contribution in [0.1, 0.15) is 43.3 Å². The second-order valence-corrected chi connectivity index (χ2v) is 7.78. The summed E-state index contributed by atoms with van der Waals surface area (Å²) in [6.07, 6.45) is 3.75. The van der Waals surface area contributed by atoms with E-state index in [0.717, 1.165) is 19.0 Å². The number of piperazine rings is 1. The molecule has 0 amide bonds. The first-order valence-electron chi connectivity index (χ1n) is 8.31. The van der Waals surface area contributed by atoms with Gasteiger partial charge in [-0.3, -0.25) is 4.90 Å². The predicted octanol–water partition coefficient (Wildman–Crippen LogP) is 2.52. The highest BCUT2D eigenvalue weighted by Gasteiger charge is 2.26. The highest BCUT2D eigenvalue weighted by Crippen LogP contribution is 2.36. The van der Waals surface area contributed by atoms with Crippen molar-refractivity contribution in [2.45, 2.75) is 39.2 Å². The number of nitrogens with one attached hydrogen (secondary N) is 1. The van der Waals surface area contributed by atoms with Gasteiger partial charge in [-0.05, 0) is 32.2 Å². The van der Waals surface area contributed by atoms with Crippen molar-refractivity contribution in [2.75, 3.05) is 44.7 Å². The molecule has 1 saturated heterocycles. The van der Waals surface area contributed by atoms with Crippen molar-refractivity contribution in [2.24, 2.45) is 5.92 Å². The summed E-state index contributed by atoms with van der Waals surface area (Å²) in [5, 5.41) is 4.68. The number of aromatic nitrogens is 1. The second-order valence-electron chi connectivity index (χ2n) is 6.72. The molecule has 3 rings (SSSR count). The molecule has 2 aliphatic rings. The molecule has 0 spiro atoms. The zero-order chi connectivity index (χ0) is 14.8. The minimum Gasteiger partial charge on any atom is -0.346 e. The normalized spacial score (nSPS) is 23.6. The maximum Gasteiger partial charge on any atom is 0.185 e. The van der Waals surface area contributed by atoms with Crippen LogP contribution in [0.15, 0.2) is 0 Å². The molecule has 0 radical (unpaired) electrons. The number of thiazole rings is 1. The van der Waals surface area contributed by atoms with Crippen molar-refractivity contribution in [3.63, 3.8) is 0 Å². The van der Waals surface area contributed by atoms with E-state index < -0.39 is 0 Å². The van der Waals surface area contributed by atoms with Crippen LogP contribution in [-0.4, -0.2) is 49.7 Å². The Balaban J connectivity index is 1.65. The molecule has 4 nitrogen and oxygen atoms in total. The average Bonchev–Trinajstić information content (AvgIpc) is 2.91. The number of anilines is 1. The van der Waals surface area contributed by atoms with E-state index in [1.54, 1.807) is 0 Å². The van der Waals surface area contributed by atoms with Crippen LogP contribution in [-0.2, 0) is 6.42 Å². The van der Waals surface area contributed by atoms with Gasteiger partial charge in [-0.15, -0.1) is 11.3 Å². The molecule has 0 aromatic carbocycles. The van der Waals surface area contributed by atoms with Crippen LogP contribution in [0.3, 0.4) is 0 Å². The Kier molecular flexibility index (Phi) is 4.82. The maximum absolute atomic E-state index is 4.98. The summed E-state index contributed by atoms with van der Waals surface area (Å²) in [4.78, 5) is 11.6. The Labute approximate surface area is 132 Å². The van der Waals surface area contributed by atoms with E-state index in [2.05, 4.69) is 36.0 Å². The molecule has 1 unspecified atom stereocenters. The molecule has 1 aromatic rings. The Morgan fingerprint density at radius 3 is 2.71 bits per heavy atom. The first kappa shape index (κ1) is 15.3. The lowest BCUT2D eigenvalue weighted by Crippen LogP contribution is -2.47. The van der Waals surface area contributed by atoms with E-state index in [1.165, 1.54) is 54.6 Å². The predicted molar refractivity (Wildman–Crippen MR) is 90.3 cm³/mol. The minimum absolute atomic E-state index is 0.473. The van der Waals surface area contributed by atoms with E-state index in [4.69, 9.17) is 4.98 Å². The molecule has 0 bridgehead atoms. The molecule has 118 valence electrons. The van der Waals surface area contributed by atoms with Gasteiger partial charge in [0.2, 0.25) is 0 Å². The van der Waals surface area contributed by atoms with Gasteiger partial charge in [0, 0.05) is 37.6 Å². The van der Waals surface area contributed by atoms with E-state index >= 15 is 0 Å². The van der Waals surface area contributed by atoms with Crippen LogP contribution in [0.4, 0.5) is 5.13 Å². The zero-order valence-electron chi connectivity index (χ0n) is 13.6. The lowest BCUT2D eigenvalue weighted by atomic mass is 9.98. The van der Waals surface area contributed by atoms with Gasteiger partial charge in [-0.1, -0.05) is 13.8 Å². The molecule has 1 N–H and O–H groups in total. The smallest absolute Gasteiger partial charge is 0.185 e. The van der Waals surface area contributed by atoms with E-state index in [-0.39, 0.29) is 0 Å². The number of hydrogen-bond donors (Lipinski definition) is 1. The van der Waals surface area contributed by atoms with Crippen molar-refractivity contribution in [3.05, 3.63) is 10.6 Å². The Morgan fingerprint density at radius 1 is 1.29 bits per heavy atom. The van der Waals surface area contributed by atoms with E-state index in [9.17, 15) is 0 Å². The largest absolute Gasteiger partial charge is 0.346 e. The van der Waals surface area contributed by atoms with Crippen molar-refractivity contribution in [1.29, 1.82) is 0 Å². The summed E-state index contributed by atoms with van der Waals surface area (Å²) in [5.74, 6) is 0.764. The summed E-state index contributed by atoms with van der Waals surface area (Å²) in [6.45, 7) is 10.4. The van der Waals surface area contributed by atoms with Crippen LogP contribution in [0.2, 0.25) is 0 Å². The fourth-order valence-electron chi connectivity index (χ4n) is 3.46. The Morgan fingerprint density at radius 2 is 2.05 bits per heavy atom. The summed E-state index contributed by atoms with van der Waals surface area (Å²) >= 11 is 1.93. The summed E-state index contributed by atoms with van der Waals surface area (Å²) in [6, 6.07) is 0.473. The van der Waals surface area contributed by atoms with Gasteiger partial charge < -0.3 is 10.2 Å². The van der Waals surface area contributed by atoms with Crippen LogP contribution in [0.5, 0.6) is 0 Å². The molecule has 5 heteroatoms. The summed E-state index contributed by atoms with van der Waals surface area (Å²) in [5.41, 5.74) is 1.33. The molecule has 1 aliphatic heterocycles. The molecule has 2 heterocycles. The van der Waals surface area contributed by atoms with Gasteiger partial charge in [-0.25, -0.2) is 4.98 Å². The van der Waals surface area contributed by atoms with Gasteiger partial charge in [0.05, 0.1) is 11.7 Å². The van der Waals surface area contributed by atoms with Crippen LogP contribution in [0, 0.1) is 5.92 Å². The highest BCUT2D eigenvalue weighted by molar-refractivity contribution is 7.15. The minimum atomic E-state index is 0.473. The standard InChI is InChI=1S/C16H28N4S/c1-12(2)11-19-7-9-20(10-8-19)16-18-15-13(17-3)5-4-6-14(15)21-16/h12-13,17H,4-11H2,1-3H3. The molecule has 1 aliphatic carbocycles. The number of nitrogens with zero attached hydrogens (tertiary/aromatic N) is 3. The fourth-order valence-corrected chi connectivity index (χ4v) is 4.67. The van der Waals surface area contributed by atoms with E-state index in [0.29, 0.717) is 6.04 Å². The lowest BCUT2D eigenvalue weighted by Gasteiger charge is -2.35. The molecule has 21 heavy (non-hydrogen) atoms. The SMILES string of the molecule is CNC1CCCc2sc(N3CCN(CC(C)C)CC3)nc21. The first-order valence-corrected chi connectivity index (χ1v) is 9.13. The maximum atomic E-state index is 4.98. The number of aryl methyl sites for hydroxylation is 1. The van der Waals surface area contributed by atoms with Crippen molar-refractivity contribution in [3.8, 4) is 0 Å². The molecule has 1 atom stereocenters. The Hall–Kier alpha value is -0.650. The summed E-state index contributed by atoms with van der Waals surface area (Å²) < 4.78 is 0. The first-order chi connectivity index (χ1) is 10.2. The van der Waals surface area contributed by atoms with Gasteiger partial charge in [0.1, 0.15) is 0 Å². The monoisotopic (exact) mass is 308 g/mol. The summed E-state index contributed by atoms with van der Waals surface area (Å²) in [7, 11) is 2.06. The number of hydrogen-bond acceptors (Lipinski definition) is 5. The topological polar surface area (TPSA) is 31.4 Å². The highest BCUT2D eigenvalue weighted by atomic mass is 32.1. The fraction of sp³-hybridized carbons (Fsp3) is 0.812. The van der Waals surface area contributed by atoms with Crippen molar-refractivity contribution < 1.29 is 0 Å². The number of rotatable bonds is 4.